The smallest absolute Gasteiger partial charge is 0.419 e. The van der Waals surface area contributed by atoms with Gasteiger partial charge < -0.3 is 5.11 Å². The van der Waals surface area contributed by atoms with Crippen molar-refractivity contribution in [1.29, 1.82) is 0 Å². The van der Waals surface area contributed by atoms with E-state index >= 15 is 0 Å². The number of halogens is 4. The molecule has 1 rings (SSSR count). The highest BCUT2D eigenvalue weighted by atomic mass is 19.4. The van der Waals surface area contributed by atoms with Gasteiger partial charge in [0.2, 0.25) is 0 Å². The predicted molar refractivity (Wildman–Crippen MR) is 45.9 cm³/mol. The van der Waals surface area contributed by atoms with Gasteiger partial charge in [-0.15, -0.1) is 0 Å². The lowest BCUT2D eigenvalue weighted by Crippen LogP contribution is -2.07. The molecule has 0 saturated heterocycles. The topological polar surface area (TPSA) is 37.3 Å². The van der Waals surface area contributed by atoms with Crippen LogP contribution in [0, 0.1) is 17.7 Å². The zero-order valence-corrected chi connectivity index (χ0v) is 7.60. The van der Waals surface area contributed by atoms with Crippen LogP contribution in [0.1, 0.15) is 11.1 Å². The van der Waals surface area contributed by atoms with Crippen LogP contribution in [0.15, 0.2) is 18.2 Å². The van der Waals surface area contributed by atoms with E-state index < -0.39 is 23.5 Å². The van der Waals surface area contributed by atoms with E-state index in [0.29, 0.717) is 12.1 Å². The molecule has 0 saturated carbocycles. The molecular formula is C10H4F4O2. The monoisotopic (exact) mass is 232 g/mol. The molecule has 1 aromatic carbocycles. The molecule has 0 heterocycles. The van der Waals surface area contributed by atoms with Gasteiger partial charge in [-0.1, -0.05) is 5.92 Å². The van der Waals surface area contributed by atoms with Gasteiger partial charge >= 0.3 is 12.1 Å². The Morgan fingerprint density at radius 3 is 2.38 bits per heavy atom. The van der Waals surface area contributed by atoms with Gasteiger partial charge in [0.15, 0.2) is 0 Å². The number of hydrogen-bond acceptors (Lipinski definition) is 1. The Balaban J connectivity index is 3.11. The lowest BCUT2D eigenvalue weighted by atomic mass is 10.1. The maximum absolute atomic E-state index is 12.9. The van der Waals surface area contributed by atoms with Crippen molar-refractivity contribution in [2.75, 3.05) is 0 Å². The minimum Gasteiger partial charge on any atom is -0.472 e. The summed E-state index contributed by atoms with van der Waals surface area (Å²) >= 11 is 0. The summed E-state index contributed by atoms with van der Waals surface area (Å²) in [7, 11) is 0. The molecule has 2 nitrogen and oxygen atoms in total. The molecule has 0 aliphatic carbocycles. The molecular weight excluding hydrogens is 228 g/mol. The van der Waals surface area contributed by atoms with Crippen LogP contribution in [-0.4, -0.2) is 11.1 Å². The zero-order chi connectivity index (χ0) is 12.3. The molecule has 0 unspecified atom stereocenters. The van der Waals surface area contributed by atoms with Crippen LogP contribution >= 0.6 is 0 Å². The summed E-state index contributed by atoms with van der Waals surface area (Å²) in [6.45, 7) is 0. The first-order valence-electron chi connectivity index (χ1n) is 3.92. The van der Waals surface area contributed by atoms with Gasteiger partial charge in [-0.25, -0.2) is 9.18 Å². The largest absolute Gasteiger partial charge is 0.472 e. The molecule has 0 aliphatic rings. The molecule has 0 spiro atoms. The van der Waals surface area contributed by atoms with Crippen molar-refractivity contribution in [3.8, 4) is 11.8 Å². The Morgan fingerprint density at radius 1 is 1.31 bits per heavy atom. The number of carboxylic acid groups (broad SMARTS) is 1. The van der Waals surface area contributed by atoms with E-state index in [4.69, 9.17) is 5.11 Å². The van der Waals surface area contributed by atoms with Gasteiger partial charge in [-0.3, -0.25) is 0 Å². The first-order chi connectivity index (χ1) is 7.30. The molecule has 0 fully saturated rings. The normalized spacial score (nSPS) is 10.5. The standard InChI is InChI=1S/C10H4F4O2/c11-8-5-6(2-4-9(15)16)1-3-7(8)10(12,13)14/h1,3,5H,(H,15,16). The molecule has 6 heteroatoms. The van der Waals surface area contributed by atoms with Crippen LogP contribution in [-0.2, 0) is 11.0 Å². The second-order valence-corrected chi connectivity index (χ2v) is 2.75. The summed E-state index contributed by atoms with van der Waals surface area (Å²) < 4.78 is 49.3. The molecule has 0 atom stereocenters. The Hall–Kier alpha value is -2.03. The molecule has 84 valence electrons. The lowest BCUT2D eigenvalue weighted by Gasteiger charge is -2.07. The molecule has 0 bridgehead atoms. The first-order valence-corrected chi connectivity index (χ1v) is 3.92. The molecule has 0 radical (unpaired) electrons. The summed E-state index contributed by atoms with van der Waals surface area (Å²) in [5, 5.41) is 8.18. The van der Waals surface area contributed by atoms with E-state index in [-0.39, 0.29) is 5.56 Å². The van der Waals surface area contributed by atoms with E-state index in [1.54, 1.807) is 5.92 Å². The van der Waals surface area contributed by atoms with Crippen LogP contribution < -0.4 is 0 Å². The second-order valence-electron chi connectivity index (χ2n) is 2.75. The Kier molecular flexibility index (Phi) is 3.18. The van der Waals surface area contributed by atoms with Gasteiger partial charge in [0.1, 0.15) is 5.82 Å². The average molecular weight is 232 g/mol. The first kappa shape index (κ1) is 12.0. The van der Waals surface area contributed by atoms with E-state index in [0.717, 1.165) is 6.07 Å². The van der Waals surface area contributed by atoms with Crippen molar-refractivity contribution in [1.82, 2.24) is 0 Å². The highest BCUT2D eigenvalue weighted by Gasteiger charge is 2.33. The highest BCUT2D eigenvalue weighted by Crippen LogP contribution is 2.31. The van der Waals surface area contributed by atoms with Crippen molar-refractivity contribution < 1.29 is 27.5 Å². The SMILES string of the molecule is O=C(O)C#Cc1ccc(C(F)(F)F)c(F)c1. The number of aliphatic carboxylic acids is 1. The van der Waals surface area contributed by atoms with Crippen LogP contribution in [0.3, 0.4) is 0 Å². The summed E-state index contributed by atoms with van der Waals surface area (Å²) in [4.78, 5) is 10.0. The molecule has 1 aromatic rings. The Bertz CT molecular complexity index is 480. The van der Waals surface area contributed by atoms with Crippen molar-refractivity contribution >= 4 is 5.97 Å². The average Bonchev–Trinajstić information content (AvgIpc) is 2.12. The zero-order valence-electron chi connectivity index (χ0n) is 7.60. The van der Waals surface area contributed by atoms with Crippen LogP contribution in [0.4, 0.5) is 17.6 Å². The summed E-state index contributed by atoms with van der Waals surface area (Å²) in [6.07, 6.45) is -4.77. The third kappa shape index (κ3) is 2.98. The number of carbonyl (C=O) groups is 1. The summed E-state index contributed by atoms with van der Waals surface area (Å²) in [5.74, 6) is 0.747. The quantitative estimate of drug-likeness (QED) is 0.550. The molecule has 16 heavy (non-hydrogen) atoms. The number of alkyl halides is 3. The van der Waals surface area contributed by atoms with E-state index in [9.17, 15) is 22.4 Å². The second kappa shape index (κ2) is 4.23. The number of hydrogen-bond donors (Lipinski definition) is 1. The van der Waals surface area contributed by atoms with Gasteiger partial charge in [-0.05, 0) is 18.2 Å². The highest BCUT2D eigenvalue weighted by molar-refractivity contribution is 5.87. The van der Waals surface area contributed by atoms with Crippen molar-refractivity contribution in [3.05, 3.63) is 35.1 Å². The van der Waals surface area contributed by atoms with Gasteiger partial charge in [0.25, 0.3) is 0 Å². The van der Waals surface area contributed by atoms with Gasteiger partial charge in [0, 0.05) is 11.5 Å². The molecule has 0 amide bonds. The van der Waals surface area contributed by atoms with Gasteiger partial charge in [-0.2, -0.15) is 13.2 Å². The van der Waals surface area contributed by atoms with Crippen LogP contribution in [0.5, 0.6) is 0 Å². The fraction of sp³-hybridized carbons (Fsp3) is 0.100. The Morgan fingerprint density at radius 2 is 1.94 bits per heavy atom. The maximum Gasteiger partial charge on any atom is 0.419 e. The third-order valence-electron chi connectivity index (χ3n) is 1.59. The fourth-order valence-corrected chi connectivity index (χ4v) is 0.948. The molecule has 0 aromatic heterocycles. The van der Waals surface area contributed by atoms with E-state index in [2.05, 4.69) is 0 Å². The molecule has 0 aliphatic heterocycles. The summed E-state index contributed by atoms with van der Waals surface area (Å²) in [6, 6.07) is 1.96. The predicted octanol–water partition coefficient (Wildman–Crippen LogP) is 2.28. The van der Waals surface area contributed by atoms with Crippen molar-refractivity contribution in [2.45, 2.75) is 6.18 Å². The van der Waals surface area contributed by atoms with Crippen molar-refractivity contribution in [3.63, 3.8) is 0 Å². The lowest BCUT2D eigenvalue weighted by molar-refractivity contribution is -0.140. The summed E-state index contributed by atoms with van der Waals surface area (Å²) in [5.41, 5.74) is -1.54. The minimum atomic E-state index is -4.77. The maximum atomic E-state index is 12.9. The number of carboxylic acids is 1. The van der Waals surface area contributed by atoms with Crippen LogP contribution in [0.2, 0.25) is 0 Å². The van der Waals surface area contributed by atoms with Crippen molar-refractivity contribution in [2.24, 2.45) is 0 Å². The Labute approximate surface area is 87.5 Å². The third-order valence-corrected chi connectivity index (χ3v) is 1.59. The minimum absolute atomic E-state index is 0.132. The molecule has 1 N–H and O–H groups in total. The fourth-order valence-electron chi connectivity index (χ4n) is 0.948. The van der Waals surface area contributed by atoms with E-state index in [1.807, 2.05) is 5.92 Å². The number of benzene rings is 1. The van der Waals surface area contributed by atoms with E-state index in [1.165, 1.54) is 0 Å². The van der Waals surface area contributed by atoms with Crippen LogP contribution in [0.25, 0.3) is 0 Å². The number of rotatable bonds is 0. The van der Waals surface area contributed by atoms with Gasteiger partial charge in [0.05, 0.1) is 5.56 Å².